The summed E-state index contributed by atoms with van der Waals surface area (Å²) in [6, 6.07) is 27.6. The summed E-state index contributed by atoms with van der Waals surface area (Å²) in [5.74, 6) is 0. The van der Waals surface area contributed by atoms with Crippen LogP contribution < -0.4 is 0 Å². The van der Waals surface area contributed by atoms with Crippen LogP contribution in [0, 0.1) is 0 Å². The Hall–Kier alpha value is -2.21. The monoisotopic (exact) mass is 217 g/mol. The fourth-order valence-corrected chi connectivity index (χ4v) is 2.05. The molecule has 0 amide bonds. The molecule has 0 aliphatic heterocycles. The van der Waals surface area contributed by atoms with Crippen LogP contribution in [0.2, 0.25) is 0 Å². The Morgan fingerprint density at radius 3 is 1.76 bits per heavy atom. The van der Waals surface area contributed by atoms with Crippen molar-refractivity contribution in [2.45, 2.75) is 0 Å². The van der Waals surface area contributed by atoms with E-state index in [1.54, 1.807) is 0 Å². The van der Waals surface area contributed by atoms with E-state index >= 15 is 0 Å². The Bertz CT molecular complexity index is 572. The van der Waals surface area contributed by atoms with Gasteiger partial charge in [0.15, 0.2) is 0 Å². The van der Waals surface area contributed by atoms with E-state index in [2.05, 4.69) is 72.8 Å². The summed E-state index contributed by atoms with van der Waals surface area (Å²) < 4.78 is 0. The Labute approximate surface area is 102 Å². The van der Waals surface area contributed by atoms with E-state index in [1.807, 2.05) is 6.07 Å². The fraction of sp³-hybridized carbons (Fsp3) is 0. The average molecular weight is 217 g/mol. The lowest BCUT2D eigenvalue weighted by atomic mass is 10.0. The first-order valence-electron chi connectivity index (χ1n) is 5.81. The molecule has 0 aromatic heterocycles. The Balaban J connectivity index is 1.96. The minimum atomic E-state index is 1.26. The zero-order valence-corrected chi connectivity index (χ0v) is 9.51. The number of rotatable bonds is 2. The minimum absolute atomic E-state index is 1.26. The normalized spacial score (nSPS) is 10.4. The van der Waals surface area contributed by atoms with E-state index in [4.69, 9.17) is 0 Å². The van der Waals surface area contributed by atoms with Crippen molar-refractivity contribution in [2.75, 3.05) is 0 Å². The standard InChI is InChI=1S/C17H13/c1-2-6-14(7-3-1)16-10-12-17(13-11-16)15-8-4-5-9-15/h1-13H/q-1. The summed E-state index contributed by atoms with van der Waals surface area (Å²) in [5.41, 5.74) is 5.08. The second-order valence-corrected chi connectivity index (χ2v) is 4.12. The maximum absolute atomic E-state index is 2.18. The van der Waals surface area contributed by atoms with E-state index in [0.717, 1.165) is 0 Å². The van der Waals surface area contributed by atoms with Crippen molar-refractivity contribution in [1.82, 2.24) is 0 Å². The molecule has 0 aliphatic carbocycles. The van der Waals surface area contributed by atoms with Crippen molar-refractivity contribution in [3.05, 3.63) is 78.9 Å². The molecule has 0 saturated carbocycles. The predicted octanol–water partition coefficient (Wildman–Crippen LogP) is 4.74. The maximum Gasteiger partial charge on any atom is -0.0197 e. The average Bonchev–Trinajstić information content (AvgIpc) is 2.94. The highest BCUT2D eigenvalue weighted by Crippen LogP contribution is 2.24. The van der Waals surface area contributed by atoms with Gasteiger partial charge in [-0.05, 0) is 11.1 Å². The van der Waals surface area contributed by atoms with Gasteiger partial charge in [0, 0.05) is 0 Å². The molecule has 82 valence electrons. The van der Waals surface area contributed by atoms with Gasteiger partial charge in [0.1, 0.15) is 0 Å². The molecule has 0 heteroatoms. The molecule has 0 radical (unpaired) electrons. The van der Waals surface area contributed by atoms with Crippen molar-refractivity contribution in [2.24, 2.45) is 0 Å². The van der Waals surface area contributed by atoms with Crippen molar-refractivity contribution >= 4 is 0 Å². The van der Waals surface area contributed by atoms with Crippen LogP contribution in [0.1, 0.15) is 0 Å². The molecule has 0 nitrogen and oxygen atoms in total. The van der Waals surface area contributed by atoms with Gasteiger partial charge in [-0.3, -0.25) is 0 Å². The molecule has 3 aromatic carbocycles. The first-order chi connectivity index (χ1) is 8.43. The highest BCUT2D eigenvalue weighted by molar-refractivity contribution is 5.70. The van der Waals surface area contributed by atoms with E-state index in [-0.39, 0.29) is 0 Å². The van der Waals surface area contributed by atoms with Gasteiger partial charge in [-0.2, -0.15) is 12.1 Å². The lowest BCUT2D eigenvalue weighted by Crippen LogP contribution is -1.78. The molecule has 17 heavy (non-hydrogen) atoms. The van der Waals surface area contributed by atoms with Gasteiger partial charge >= 0.3 is 0 Å². The van der Waals surface area contributed by atoms with Gasteiger partial charge in [-0.25, -0.2) is 0 Å². The molecule has 0 fully saturated rings. The van der Waals surface area contributed by atoms with E-state index < -0.39 is 0 Å². The lowest BCUT2D eigenvalue weighted by Gasteiger charge is -2.07. The summed E-state index contributed by atoms with van der Waals surface area (Å²) in [6.45, 7) is 0. The van der Waals surface area contributed by atoms with Gasteiger partial charge in [-0.15, -0.1) is 29.8 Å². The quantitative estimate of drug-likeness (QED) is 0.544. The third-order valence-electron chi connectivity index (χ3n) is 2.99. The van der Waals surface area contributed by atoms with Crippen LogP contribution in [0.3, 0.4) is 0 Å². The van der Waals surface area contributed by atoms with Gasteiger partial charge < -0.3 is 0 Å². The van der Waals surface area contributed by atoms with Crippen LogP contribution in [0.5, 0.6) is 0 Å². The molecule has 0 heterocycles. The number of hydrogen-bond acceptors (Lipinski definition) is 0. The van der Waals surface area contributed by atoms with Crippen molar-refractivity contribution < 1.29 is 0 Å². The fourth-order valence-electron chi connectivity index (χ4n) is 2.05. The van der Waals surface area contributed by atoms with Crippen LogP contribution in [0.4, 0.5) is 0 Å². The highest BCUT2D eigenvalue weighted by atomic mass is 14.0. The van der Waals surface area contributed by atoms with E-state index in [1.165, 1.54) is 22.3 Å². The molecular weight excluding hydrogens is 204 g/mol. The molecule has 3 rings (SSSR count). The van der Waals surface area contributed by atoms with Crippen LogP contribution in [0.15, 0.2) is 78.9 Å². The highest BCUT2D eigenvalue weighted by Gasteiger charge is 1.94. The number of hydrogen-bond donors (Lipinski definition) is 0. The molecule has 0 atom stereocenters. The Morgan fingerprint density at radius 1 is 0.529 bits per heavy atom. The molecule has 0 aliphatic rings. The number of benzene rings is 2. The zero-order valence-electron chi connectivity index (χ0n) is 9.51. The summed E-state index contributed by atoms with van der Waals surface area (Å²) >= 11 is 0. The summed E-state index contributed by atoms with van der Waals surface area (Å²) in [5, 5.41) is 0. The van der Waals surface area contributed by atoms with E-state index in [0.29, 0.717) is 0 Å². The Morgan fingerprint density at radius 2 is 1.12 bits per heavy atom. The van der Waals surface area contributed by atoms with Crippen molar-refractivity contribution in [1.29, 1.82) is 0 Å². The topological polar surface area (TPSA) is 0 Å². The summed E-state index contributed by atoms with van der Waals surface area (Å²) in [7, 11) is 0. The minimum Gasteiger partial charge on any atom is -0.152 e. The smallest absolute Gasteiger partial charge is 0.0197 e. The molecule has 0 N–H and O–H groups in total. The van der Waals surface area contributed by atoms with Gasteiger partial charge in [0.05, 0.1) is 0 Å². The van der Waals surface area contributed by atoms with Crippen LogP contribution >= 0.6 is 0 Å². The third-order valence-corrected chi connectivity index (χ3v) is 2.99. The molecule has 0 bridgehead atoms. The third kappa shape index (κ3) is 2.02. The van der Waals surface area contributed by atoms with Crippen molar-refractivity contribution in [3.8, 4) is 22.3 Å². The molecule has 0 unspecified atom stereocenters. The van der Waals surface area contributed by atoms with Crippen molar-refractivity contribution in [3.63, 3.8) is 0 Å². The molecular formula is C17H13-. The van der Waals surface area contributed by atoms with Gasteiger partial charge in [0.2, 0.25) is 0 Å². The maximum atomic E-state index is 2.18. The van der Waals surface area contributed by atoms with Gasteiger partial charge in [-0.1, -0.05) is 48.0 Å². The predicted molar refractivity (Wildman–Crippen MR) is 72.9 cm³/mol. The first kappa shape index (κ1) is 9.98. The van der Waals surface area contributed by atoms with Crippen LogP contribution in [-0.4, -0.2) is 0 Å². The van der Waals surface area contributed by atoms with E-state index in [9.17, 15) is 0 Å². The molecule has 0 spiro atoms. The molecule has 0 saturated heterocycles. The first-order valence-corrected chi connectivity index (χ1v) is 5.81. The summed E-state index contributed by atoms with van der Waals surface area (Å²) in [6.07, 6.45) is 0. The zero-order chi connectivity index (χ0) is 11.5. The largest absolute Gasteiger partial charge is 0.152 e. The van der Waals surface area contributed by atoms with Crippen LogP contribution in [-0.2, 0) is 0 Å². The molecule has 3 aromatic rings. The summed E-state index contributed by atoms with van der Waals surface area (Å²) in [4.78, 5) is 0. The second-order valence-electron chi connectivity index (χ2n) is 4.12. The van der Waals surface area contributed by atoms with Gasteiger partial charge in [0.25, 0.3) is 0 Å². The SMILES string of the molecule is c1ccc(-c2ccc(-[c-]3cccc3)cc2)cc1. The second kappa shape index (κ2) is 4.34. The lowest BCUT2D eigenvalue weighted by molar-refractivity contribution is 1.61. The Kier molecular flexibility index (Phi) is 2.55. The van der Waals surface area contributed by atoms with Crippen LogP contribution in [0.25, 0.3) is 22.3 Å².